The highest BCUT2D eigenvalue weighted by atomic mass is 16.5. The van der Waals surface area contributed by atoms with E-state index in [-0.39, 0.29) is 17.9 Å². The number of rotatable bonds is 4. The van der Waals surface area contributed by atoms with Crippen LogP contribution in [-0.4, -0.2) is 47.8 Å². The van der Waals surface area contributed by atoms with Gasteiger partial charge in [-0.05, 0) is 50.2 Å². The van der Waals surface area contributed by atoms with Crippen LogP contribution in [0.5, 0.6) is 11.5 Å². The number of anilines is 1. The smallest absolute Gasteiger partial charge is 0.258 e. The molecule has 2 aliphatic heterocycles. The second-order valence-electron chi connectivity index (χ2n) is 8.16. The van der Waals surface area contributed by atoms with Gasteiger partial charge < -0.3 is 30.8 Å². The summed E-state index contributed by atoms with van der Waals surface area (Å²) >= 11 is 0. The lowest BCUT2D eigenvalue weighted by Gasteiger charge is -2.44. The summed E-state index contributed by atoms with van der Waals surface area (Å²) in [5, 5.41) is 10.4. The van der Waals surface area contributed by atoms with Crippen LogP contribution in [-0.2, 0) is 0 Å². The van der Waals surface area contributed by atoms with Crippen molar-refractivity contribution in [3.05, 3.63) is 53.1 Å². The molecule has 1 fully saturated rings. The fourth-order valence-electron chi connectivity index (χ4n) is 3.94. The number of amides is 2. The van der Waals surface area contributed by atoms with Crippen LogP contribution in [0.2, 0.25) is 0 Å². The van der Waals surface area contributed by atoms with Crippen LogP contribution in [0.1, 0.15) is 53.0 Å². The molecule has 1 saturated heterocycles. The zero-order valence-electron chi connectivity index (χ0n) is 17.6. The molecule has 162 valence electrons. The largest absolute Gasteiger partial charge is 0.491 e. The second-order valence-corrected chi connectivity index (χ2v) is 8.16. The first kappa shape index (κ1) is 20.7. The second kappa shape index (κ2) is 7.94. The standard InChI is InChI=1S/C23H26N4O4/c1-14(2)30-17-4-6-20-18(12-17)21(28)26-23(31-20)7-9-27(10-8-23)22(29)15-3-5-19(25)16(11-15)13-24/h3-6,11-14,24H,7-10,25H2,1-2H3,(H,26,28). The molecule has 0 bridgehead atoms. The number of hydrogen-bond acceptors (Lipinski definition) is 6. The molecule has 0 unspecified atom stereocenters. The van der Waals surface area contributed by atoms with Gasteiger partial charge in [-0.2, -0.15) is 0 Å². The molecule has 0 radical (unpaired) electrons. The molecule has 0 aliphatic carbocycles. The SMILES string of the molecule is CC(C)Oc1ccc2c(c1)C(=O)NC1(CCN(C(=O)c3ccc(N)c(C=N)c3)CC1)O2. The van der Waals surface area contributed by atoms with Gasteiger partial charge in [0, 0.05) is 49.0 Å². The third-order valence-electron chi connectivity index (χ3n) is 5.56. The Balaban J connectivity index is 1.46. The number of hydrogen-bond donors (Lipinski definition) is 3. The van der Waals surface area contributed by atoms with Crippen LogP contribution < -0.4 is 20.5 Å². The Morgan fingerprint density at radius 3 is 2.68 bits per heavy atom. The maximum absolute atomic E-state index is 12.9. The van der Waals surface area contributed by atoms with E-state index < -0.39 is 5.72 Å². The highest BCUT2D eigenvalue weighted by Gasteiger charge is 2.43. The normalized spacial score (nSPS) is 17.0. The molecule has 4 N–H and O–H groups in total. The summed E-state index contributed by atoms with van der Waals surface area (Å²) in [6.07, 6.45) is 2.09. The Hall–Kier alpha value is -3.55. The van der Waals surface area contributed by atoms with Gasteiger partial charge in [0.05, 0.1) is 11.7 Å². The van der Waals surface area contributed by atoms with E-state index >= 15 is 0 Å². The molecule has 2 aliphatic rings. The highest BCUT2D eigenvalue weighted by Crippen LogP contribution is 2.35. The maximum Gasteiger partial charge on any atom is 0.258 e. The molecule has 0 atom stereocenters. The van der Waals surface area contributed by atoms with Crippen molar-refractivity contribution < 1.29 is 19.1 Å². The molecule has 8 nitrogen and oxygen atoms in total. The molecule has 2 amide bonds. The van der Waals surface area contributed by atoms with Gasteiger partial charge in [0.2, 0.25) is 0 Å². The molecule has 2 aromatic carbocycles. The van der Waals surface area contributed by atoms with Gasteiger partial charge in [0.1, 0.15) is 11.5 Å². The molecular formula is C23H26N4O4. The quantitative estimate of drug-likeness (QED) is 0.517. The highest BCUT2D eigenvalue weighted by molar-refractivity contribution is 5.99. The molecule has 0 aromatic heterocycles. The number of nitrogen functional groups attached to an aromatic ring is 1. The lowest BCUT2D eigenvalue weighted by molar-refractivity contribution is -0.0246. The van der Waals surface area contributed by atoms with Crippen molar-refractivity contribution in [3.8, 4) is 11.5 Å². The topological polar surface area (TPSA) is 118 Å². The predicted molar refractivity (Wildman–Crippen MR) is 117 cm³/mol. The van der Waals surface area contributed by atoms with E-state index in [1.807, 2.05) is 13.8 Å². The summed E-state index contributed by atoms with van der Waals surface area (Å²) < 4.78 is 11.9. The van der Waals surface area contributed by atoms with Gasteiger partial charge in [-0.3, -0.25) is 9.59 Å². The third-order valence-corrected chi connectivity index (χ3v) is 5.56. The minimum absolute atomic E-state index is 0.00923. The Kier molecular flexibility index (Phi) is 5.31. The Morgan fingerprint density at radius 1 is 1.26 bits per heavy atom. The van der Waals surface area contributed by atoms with E-state index in [2.05, 4.69) is 5.32 Å². The van der Waals surface area contributed by atoms with Crippen molar-refractivity contribution in [2.45, 2.75) is 38.5 Å². The summed E-state index contributed by atoms with van der Waals surface area (Å²) in [6, 6.07) is 10.2. The fourth-order valence-corrected chi connectivity index (χ4v) is 3.94. The van der Waals surface area contributed by atoms with E-state index in [1.54, 1.807) is 41.3 Å². The Morgan fingerprint density at radius 2 is 2.00 bits per heavy atom. The van der Waals surface area contributed by atoms with E-state index in [0.717, 1.165) is 6.21 Å². The molecule has 1 spiro atoms. The predicted octanol–water partition coefficient (Wildman–Crippen LogP) is 2.81. The summed E-state index contributed by atoms with van der Waals surface area (Å²) in [6.45, 7) is 4.73. The molecule has 2 aromatic rings. The van der Waals surface area contributed by atoms with Crippen molar-refractivity contribution in [2.24, 2.45) is 0 Å². The summed E-state index contributed by atoms with van der Waals surface area (Å²) in [4.78, 5) is 27.4. The molecular weight excluding hydrogens is 396 g/mol. The molecule has 4 rings (SSSR count). The first-order valence-corrected chi connectivity index (χ1v) is 10.3. The van der Waals surface area contributed by atoms with Gasteiger partial charge in [-0.25, -0.2) is 0 Å². The average Bonchev–Trinajstić information content (AvgIpc) is 2.74. The lowest BCUT2D eigenvalue weighted by atomic mass is 9.96. The number of nitrogens with one attached hydrogen (secondary N) is 2. The van der Waals surface area contributed by atoms with E-state index in [1.165, 1.54) is 0 Å². The minimum atomic E-state index is -0.831. The first-order valence-electron chi connectivity index (χ1n) is 10.3. The van der Waals surface area contributed by atoms with Crippen LogP contribution in [0.4, 0.5) is 5.69 Å². The monoisotopic (exact) mass is 422 g/mol. The van der Waals surface area contributed by atoms with Gasteiger partial charge >= 0.3 is 0 Å². The van der Waals surface area contributed by atoms with Gasteiger partial charge in [-0.1, -0.05) is 0 Å². The average molecular weight is 422 g/mol. The Labute approximate surface area is 180 Å². The van der Waals surface area contributed by atoms with Crippen molar-refractivity contribution >= 4 is 23.7 Å². The van der Waals surface area contributed by atoms with Crippen molar-refractivity contribution in [1.29, 1.82) is 5.41 Å². The molecule has 31 heavy (non-hydrogen) atoms. The van der Waals surface area contributed by atoms with Gasteiger partial charge in [-0.15, -0.1) is 0 Å². The lowest BCUT2D eigenvalue weighted by Crippen LogP contribution is -2.61. The number of carbonyl (C=O) groups excluding carboxylic acids is 2. The molecule has 2 heterocycles. The van der Waals surface area contributed by atoms with E-state index in [4.69, 9.17) is 20.6 Å². The number of ether oxygens (including phenoxy) is 2. The maximum atomic E-state index is 12.9. The van der Waals surface area contributed by atoms with E-state index in [9.17, 15) is 9.59 Å². The number of carbonyl (C=O) groups is 2. The van der Waals surface area contributed by atoms with E-state index in [0.29, 0.717) is 59.8 Å². The van der Waals surface area contributed by atoms with Crippen LogP contribution in [0.15, 0.2) is 36.4 Å². The zero-order valence-corrected chi connectivity index (χ0v) is 17.6. The van der Waals surface area contributed by atoms with Crippen LogP contribution >= 0.6 is 0 Å². The summed E-state index contributed by atoms with van der Waals surface area (Å²) in [5.41, 5.74) is 6.89. The van der Waals surface area contributed by atoms with Crippen molar-refractivity contribution in [1.82, 2.24) is 10.2 Å². The Bertz CT molecular complexity index is 1040. The van der Waals surface area contributed by atoms with Gasteiger partial charge in [0.15, 0.2) is 5.72 Å². The fraction of sp³-hybridized carbons (Fsp3) is 0.348. The van der Waals surface area contributed by atoms with Gasteiger partial charge in [0.25, 0.3) is 11.8 Å². The number of nitrogens with zero attached hydrogens (tertiary/aromatic N) is 1. The van der Waals surface area contributed by atoms with Crippen LogP contribution in [0.25, 0.3) is 0 Å². The van der Waals surface area contributed by atoms with Crippen LogP contribution in [0.3, 0.4) is 0 Å². The molecule has 8 heteroatoms. The summed E-state index contributed by atoms with van der Waals surface area (Å²) in [5.74, 6) is 0.811. The number of nitrogens with two attached hydrogens (primary N) is 1. The number of likely N-dealkylation sites (tertiary alicyclic amines) is 1. The number of piperidine rings is 1. The van der Waals surface area contributed by atoms with Crippen LogP contribution in [0, 0.1) is 5.41 Å². The molecule has 0 saturated carbocycles. The van der Waals surface area contributed by atoms with Crippen molar-refractivity contribution in [3.63, 3.8) is 0 Å². The zero-order chi connectivity index (χ0) is 22.2. The number of benzene rings is 2. The third kappa shape index (κ3) is 4.05. The number of fused-ring (bicyclic) bond motifs is 1. The summed E-state index contributed by atoms with van der Waals surface area (Å²) in [7, 11) is 0. The minimum Gasteiger partial charge on any atom is -0.491 e. The first-order chi connectivity index (χ1) is 14.8. The van der Waals surface area contributed by atoms with Crippen molar-refractivity contribution in [2.75, 3.05) is 18.8 Å².